The van der Waals surface area contributed by atoms with Gasteiger partial charge in [0, 0.05) is 38.6 Å². The molecule has 0 amide bonds. The lowest BCUT2D eigenvalue weighted by molar-refractivity contribution is 0.1000. The smallest absolute Gasteiger partial charge is 0.231 e. The molecule has 8 heteroatoms. The van der Waals surface area contributed by atoms with Crippen molar-refractivity contribution in [3.05, 3.63) is 0 Å². The molecule has 21 heavy (non-hydrogen) atoms. The van der Waals surface area contributed by atoms with Crippen LogP contribution in [0, 0.1) is 0 Å². The predicted octanol–water partition coefficient (Wildman–Crippen LogP) is 1.02. The Labute approximate surface area is 128 Å². The van der Waals surface area contributed by atoms with Gasteiger partial charge in [0.2, 0.25) is 11.9 Å². The summed E-state index contributed by atoms with van der Waals surface area (Å²) >= 11 is 1.73. The summed E-state index contributed by atoms with van der Waals surface area (Å²) in [5.41, 5.74) is 0. The zero-order valence-corrected chi connectivity index (χ0v) is 13.1. The van der Waals surface area contributed by atoms with E-state index in [1.165, 1.54) is 0 Å². The van der Waals surface area contributed by atoms with Crippen molar-refractivity contribution in [2.75, 3.05) is 56.8 Å². The van der Waals surface area contributed by atoms with Crippen LogP contribution in [0.4, 0.5) is 11.9 Å². The van der Waals surface area contributed by atoms with Crippen LogP contribution in [0.2, 0.25) is 0 Å². The molecule has 1 aromatic heterocycles. The van der Waals surface area contributed by atoms with Gasteiger partial charge in [-0.05, 0) is 12.8 Å². The Morgan fingerprint density at radius 3 is 2.48 bits per heavy atom. The van der Waals surface area contributed by atoms with E-state index in [4.69, 9.17) is 9.47 Å². The number of hydrogen-bond acceptors (Lipinski definition) is 8. The number of anilines is 2. The third kappa shape index (κ3) is 3.96. The van der Waals surface area contributed by atoms with Crippen molar-refractivity contribution in [1.82, 2.24) is 15.0 Å². The van der Waals surface area contributed by atoms with E-state index in [1.807, 2.05) is 7.05 Å². The van der Waals surface area contributed by atoms with Gasteiger partial charge >= 0.3 is 0 Å². The van der Waals surface area contributed by atoms with Crippen LogP contribution >= 0.6 is 11.8 Å². The summed E-state index contributed by atoms with van der Waals surface area (Å²) in [5, 5.41) is 4.35. The van der Waals surface area contributed by atoms with Crippen LogP contribution in [0.1, 0.15) is 12.8 Å². The average Bonchev–Trinajstić information content (AvgIpc) is 2.56. The molecule has 0 radical (unpaired) electrons. The van der Waals surface area contributed by atoms with Crippen molar-refractivity contribution in [2.24, 2.45) is 0 Å². The van der Waals surface area contributed by atoms with E-state index in [1.54, 1.807) is 11.8 Å². The lowest BCUT2D eigenvalue weighted by Gasteiger charge is -2.27. The van der Waals surface area contributed by atoms with E-state index in [2.05, 4.69) is 25.2 Å². The van der Waals surface area contributed by atoms with Crippen molar-refractivity contribution in [3.8, 4) is 0 Å². The second kappa shape index (κ2) is 7.24. The molecule has 0 atom stereocenters. The van der Waals surface area contributed by atoms with E-state index in [9.17, 15) is 0 Å². The minimum absolute atomic E-state index is 0.531. The molecule has 0 unspecified atom stereocenters. The van der Waals surface area contributed by atoms with E-state index < -0.39 is 0 Å². The highest BCUT2D eigenvalue weighted by atomic mass is 32.2. The lowest BCUT2D eigenvalue weighted by atomic mass is 10.2. The predicted molar refractivity (Wildman–Crippen MR) is 82.1 cm³/mol. The normalized spacial score (nSPS) is 20.5. The molecule has 3 rings (SSSR count). The molecule has 0 spiro atoms. The van der Waals surface area contributed by atoms with Crippen molar-refractivity contribution in [3.63, 3.8) is 0 Å². The minimum Gasteiger partial charge on any atom is -0.381 e. The van der Waals surface area contributed by atoms with Crippen LogP contribution in [0.15, 0.2) is 5.16 Å². The van der Waals surface area contributed by atoms with Crippen molar-refractivity contribution >= 4 is 23.7 Å². The number of nitrogens with zero attached hydrogens (tertiary/aromatic N) is 4. The summed E-state index contributed by atoms with van der Waals surface area (Å²) in [6, 6.07) is 0. The number of rotatable bonds is 4. The zero-order valence-electron chi connectivity index (χ0n) is 12.2. The number of aromatic nitrogens is 3. The van der Waals surface area contributed by atoms with Crippen molar-refractivity contribution in [2.45, 2.75) is 23.2 Å². The molecule has 0 saturated carbocycles. The van der Waals surface area contributed by atoms with Crippen LogP contribution in [-0.4, -0.2) is 66.8 Å². The molecule has 3 heterocycles. The lowest BCUT2D eigenvalue weighted by Crippen LogP contribution is -2.37. The Bertz CT molecular complexity index is 464. The Morgan fingerprint density at radius 1 is 1.05 bits per heavy atom. The van der Waals surface area contributed by atoms with Gasteiger partial charge in [-0.15, -0.1) is 0 Å². The maximum Gasteiger partial charge on any atom is 0.231 e. The molecule has 1 N–H and O–H groups in total. The number of ether oxygens (including phenoxy) is 2. The van der Waals surface area contributed by atoms with Crippen LogP contribution in [0.5, 0.6) is 0 Å². The van der Waals surface area contributed by atoms with Gasteiger partial charge in [0.15, 0.2) is 5.16 Å². The zero-order chi connectivity index (χ0) is 14.5. The number of hydrogen-bond donors (Lipinski definition) is 1. The largest absolute Gasteiger partial charge is 0.381 e. The Morgan fingerprint density at radius 2 is 1.76 bits per heavy atom. The molecule has 1 aromatic rings. The Hall–Kier alpha value is -1.12. The third-order valence-electron chi connectivity index (χ3n) is 3.56. The third-order valence-corrected chi connectivity index (χ3v) is 4.76. The van der Waals surface area contributed by atoms with Crippen LogP contribution < -0.4 is 10.2 Å². The molecule has 7 nitrogen and oxygen atoms in total. The van der Waals surface area contributed by atoms with Gasteiger partial charge in [-0.3, -0.25) is 0 Å². The topological polar surface area (TPSA) is 72.4 Å². The van der Waals surface area contributed by atoms with E-state index in [-0.39, 0.29) is 0 Å². The Kier molecular flexibility index (Phi) is 5.10. The molecule has 2 aliphatic heterocycles. The number of morpholine rings is 1. The molecular weight excluding hydrogens is 290 g/mol. The highest BCUT2D eigenvalue weighted by Gasteiger charge is 2.20. The SMILES string of the molecule is CNc1nc(SC2CCOCC2)nc(N2CCOCC2)n1. The second-order valence-electron chi connectivity index (χ2n) is 5.02. The highest BCUT2D eigenvalue weighted by molar-refractivity contribution is 7.99. The molecule has 0 aromatic carbocycles. The van der Waals surface area contributed by atoms with E-state index in [0.29, 0.717) is 11.2 Å². The first-order valence-corrected chi connectivity index (χ1v) is 8.24. The molecule has 2 saturated heterocycles. The molecule has 2 fully saturated rings. The van der Waals surface area contributed by atoms with Crippen LogP contribution in [-0.2, 0) is 9.47 Å². The second-order valence-corrected chi connectivity index (χ2v) is 6.29. The van der Waals surface area contributed by atoms with Gasteiger partial charge in [-0.1, -0.05) is 11.8 Å². The monoisotopic (exact) mass is 311 g/mol. The summed E-state index contributed by atoms with van der Waals surface area (Å²) in [7, 11) is 1.83. The number of thioether (sulfide) groups is 1. The number of nitrogens with one attached hydrogen (secondary N) is 1. The minimum atomic E-state index is 0.531. The van der Waals surface area contributed by atoms with Gasteiger partial charge < -0.3 is 19.7 Å². The molecular formula is C13H21N5O2S. The van der Waals surface area contributed by atoms with Gasteiger partial charge in [0.05, 0.1) is 13.2 Å². The van der Waals surface area contributed by atoms with Gasteiger partial charge in [-0.2, -0.15) is 15.0 Å². The molecule has 116 valence electrons. The first-order chi connectivity index (χ1) is 10.3. The first-order valence-electron chi connectivity index (χ1n) is 7.36. The fourth-order valence-electron chi connectivity index (χ4n) is 2.36. The van der Waals surface area contributed by atoms with Gasteiger partial charge in [0.1, 0.15) is 0 Å². The first kappa shape index (κ1) is 14.8. The van der Waals surface area contributed by atoms with E-state index >= 15 is 0 Å². The van der Waals surface area contributed by atoms with Crippen LogP contribution in [0.25, 0.3) is 0 Å². The van der Waals surface area contributed by atoms with E-state index in [0.717, 1.165) is 63.5 Å². The van der Waals surface area contributed by atoms with Gasteiger partial charge in [-0.25, -0.2) is 0 Å². The van der Waals surface area contributed by atoms with Gasteiger partial charge in [0.25, 0.3) is 0 Å². The molecule has 0 aliphatic carbocycles. The fraction of sp³-hybridized carbons (Fsp3) is 0.769. The van der Waals surface area contributed by atoms with Crippen molar-refractivity contribution in [1.29, 1.82) is 0 Å². The Balaban J connectivity index is 1.75. The van der Waals surface area contributed by atoms with Crippen LogP contribution in [0.3, 0.4) is 0 Å². The molecule has 0 bridgehead atoms. The maximum atomic E-state index is 5.40. The molecule has 2 aliphatic rings. The quantitative estimate of drug-likeness (QED) is 0.884. The standard InChI is InChI=1S/C13H21N5O2S/c1-14-11-15-12(18-4-8-20-9-5-18)17-13(16-11)21-10-2-6-19-7-3-10/h10H,2-9H2,1H3,(H,14,15,16,17). The fourth-order valence-corrected chi connectivity index (χ4v) is 3.36. The summed E-state index contributed by atoms with van der Waals surface area (Å²) < 4.78 is 10.8. The summed E-state index contributed by atoms with van der Waals surface area (Å²) in [5.74, 6) is 1.37. The average molecular weight is 311 g/mol. The maximum absolute atomic E-state index is 5.40. The summed E-state index contributed by atoms with van der Waals surface area (Å²) in [4.78, 5) is 15.7. The van der Waals surface area contributed by atoms with Crippen molar-refractivity contribution < 1.29 is 9.47 Å². The highest BCUT2D eigenvalue weighted by Crippen LogP contribution is 2.28. The summed E-state index contributed by atoms with van der Waals surface area (Å²) in [6.07, 6.45) is 2.11. The summed E-state index contributed by atoms with van der Waals surface area (Å²) in [6.45, 7) is 4.77.